The molecule has 0 saturated heterocycles. The third-order valence-corrected chi connectivity index (χ3v) is 5.38. The standard InChI is InChI=1S/C13H14BN3O4S2/c1-2-20-9-4-3-7-5-10(22-13-17-16-12(15)23-13)14(19)21-11(7)8(9)6-18/h3-4,6,10,19H,2,5H2,1H3,(H2,15,16). The van der Waals surface area contributed by atoms with Gasteiger partial charge in [-0.1, -0.05) is 29.2 Å². The highest BCUT2D eigenvalue weighted by Crippen LogP contribution is 2.39. The molecule has 1 aliphatic heterocycles. The van der Waals surface area contributed by atoms with Gasteiger partial charge in [-0.25, -0.2) is 0 Å². The molecular formula is C13H14BN3O4S2. The molecule has 2 aromatic rings. The van der Waals surface area contributed by atoms with Crippen molar-refractivity contribution in [3.63, 3.8) is 0 Å². The number of benzene rings is 1. The molecule has 7 nitrogen and oxygen atoms in total. The number of hydrogen-bond acceptors (Lipinski definition) is 9. The van der Waals surface area contributed by atoms with Crippen molar-refractivity contribution in [1.29, 1.82) is 0 Å². The van der Waals surface area contributed by atoms with Crippen molar-refractivity contribution in [1.82, 2.24) is 10.2 Å². The van der Waals surface area contributed by atoms with Crippen LogP contribution in [0, 0.1) is 0 Å². The van der Waals surface area contributed by atoms with Crippen molar-refractivity contribution in [2.45, 2.75) is 22.8 Å². The maximum Gasteiger partial charge on any atom is 0.537 e. The number of ether oxygens (including phenoxy) is 1. The van der Waals surface area contributed by atoms with Gasteiger partial charge in [-0.3, -0.25) is 4.79 Å². The summed E-state index contributed by atoms with van der Waals surface area (Å²) in [5.41, 5.74) is 6.73. The SMILES string of the molecule is CCOc1ccc2c(c1C=O)OB(O)C(Sc1nnc(N)s1)C2. The van der Waals surface area contributed by atoms with Crippen molar-refractivity contribution in [2.24, 2.45) is 0 Å². The van der Waals surface area contributed by atoms with Crippen LogP contribution >= 0.6 is 23.1 Å². The lowest BCUT2D eigenvalue weighted by Gasteiger charge is -2.27. The Bertz CT molecular complexity index is 727. The van der Waals surface area contributed by atoms with Crippen molar-refractivity contribution < 1.29 is 19.2 Å². The number of carbonyl (C=O) groups excluding carboxylic acids is 1. The summed E-state index contributed by atoms with van der Waals surface area (Å²) in [6.07, 6.45) is 1.23. The summed E-state index contributed by atoms with van der Waals surface area (Å²) in [5.74, 6) is 0.837. The average Bonchev–Trinajstić information content (AvgIpc) is 2.94. The van der Waals surface area contributed by atoms with Crippen LogP contribution in [0.5, 0.6) is 11.5 Å². The number of carbonyl (C=O) groups is 1. The summed E-state index contributed by atoms with van der Waals surface area (Å²) in [7, 11) is -1.06. The fraction of sp³-hybridized carbons (Fsp3) is 0.308. The van der Waals surface area contributed by atoms with E-state index < -0.39 is 7.12 Å². The number of rotatable bonds is 5. The van der Waals surface area contributed by atoms with Crippen LogP contribution in [-0.4, -0.2) is 40.4 Å². The third-order valence-electron chi connectivity index (χ3n) is 3.31. The number of hydrogen-bond donors (Lipinski definition) is 2. The van der Waals surface area contributed by atoms with Gasteiger partial charge in [0.25, 0.3) is 0 Å². The van der Waals surface area contributed by atoms with Crippen molar-refractivity contribution in [3.05, 3.63) is 23.3 Å². The van der Waals surface area contributed by atoms with Crippen LogP contribution in [0.4, 0.5) is 5.13 Å². The van der Waals surface area contributed by atoms with E-state index in [9.17, 15) is 9.82 Å². The minimum Gasteiger partial charge on any atom is -0.535 e. The molecule has 0 bridgehead atoms. The second-order valence-electron chi connectivity index (χ2n) is 4.79. The number of nitrogens with two attached hydrogens (primary N) is 1. The molecule has 1 aromatic carbocycles. The normalized spacial score (nSPS) is 16.6. The van der Waals surface area contributed by atoms with E-state index >= 15 is 0 Å². The highest BCUT2D eigenvalue weighted by atomic mass is 32.2. The summed E-state index contributed by atoms with van der Waals surface area (Å²) in [6.45, 7) is 2.28. The zero-order valence-electron chi connectivity index (χ0n) is 12.3. The Morgan fingerprint density at radius 2 is 2.43 bits per heavy atom. The summed E-state index contributed by atoms with van der Waals surface area (Å²) >= 11 is 2.61. The molecule has 1 atom stereocenters. The monoisotopic (exact) mass is 351 g/mol. The van der Waals surface area contributed by atoms with E-state index in [0.717, 1.165) is 5.56 Å². The van der Waals surface area contributed by atoms with E-state index in [0.29, 0.717) is 45.8 Å². The topological polar surface area (TPSA) is 108 Å². The zero-order chi connectivity index (χ0) is 16.4. The zero-order valence-corrected chi connectivity index (χ0v) is 13.9. The van der Waals surface area contributed by atoms with Gasteiger partial charge in [0.15, 0.2) is 10.6 Å². The predicted molar refractivity (Wildman–Crippen MR) is 89.3 cm³/mol. The Balaban J connectivity index is 1.86. The lowest BCUT2D eigenvalue weighted by molar-refractivity contribution is 0.111. The minimum absolute atomic E-state index is 0.257. The second-order valence-corrected chi connectivity index (χ2v) is 7.29. The van der Waals surface area contributed by atoms with Gasteiger partial charge in [0.2, 0.25) is 5.13 Å². The quantitative estimate of drug-likeness (QED) is 0.616. The highest BCUT2D eigenvalue weighted by Gasteiger charge is 2.38. The van der Waals surface area contributed by atoms with Crippen LogP contribution in [0.2, 0.25) is 0 Å². The number of thioether (sulfide) groups is 1. The molecule has 23 heavy (non-hydrogen) atoms. The van der Waals surface area contributed by atoms with Crippen molar-refractivity contribution >= 4 is 41.6 Å². The lowest BCUT2D eigenvalue weighted by Crippen LogP contribution is -2.40. The second kappa shape index (κ2) is 6.77. The molecule has 0 amide bonds. The van der Waals surface area contributed by atoms with Crippen LogP contribution in [0.1, 0.15) is 22.8 Å². The average molecular weight is 351 g/mol. The number of nitrogens with zero attached hydrogens (tertiary/aromatic N) is 2. The minimum atomic E-state index is -1.06. The van der Waals surface area contributed by atoms with Gasteiger partial charge >= 0.3 is 7.12 Å². The summed E-state index contributed by atoms with van der Waals surface area (Å²) in [5, 5.41) is 18.1. The molecular weight excluding hydrogens is 337 g/mol. The largest absolute Gasteiger partial charge is 0.537 e. The Morgan fingerprint density at radius 3 is 3.09 bits per heavy atom. The molecule has 0 fully saturated rings. The number of nitrogen functional groups attached to an aromatic ring is 1. The summed E-state index contributed by atoms with van der Waals surface area (Å²) in [4.78, 5) is 11.4. The first-order chi connectivity index (χ1) is 11.1. The maximum atomic E-state index is 11.4. The lowest BCUT2D eigenvalue weighted by atomic mass is 9.77. The number of anilines is 1. The van der Waals surface area contributed by atoms with E-state index in [1.165, 1.54) is 23.1 Å². The van der Waals surface area contributed by atoms with E-state index in [4.69, 9.17) is 15.1 Å². The molecule has 0 spiro atoms. The summed E-state index contributed by atoms with van der Waals surface area (Å²) < 4.78 is 11.7. The third kappa shape index (κ3) is 3.28. The van der Waals surface area contributed by atoms with Crippen LogP contribution in [-0.2, 0) is 6.42 Å². The first kappa shape index (κ1) is 16.1. The number of aldehydes is 1. The maximum absolute atomic E-state index is 11.4. The van der Waals surface area contributed by atoms with Crippen LogP contribution in [0.15, 0.2) is 16.5 Å². The molecule has 1 aromatic heterocycles. The molecule has 3 rings (SSSR count). The predicted octanol–water partition coefficient (Wildman–Crippen LogP) is 1.45. The van der Waals surface area contributed by atoms with Gasteiger partial charge in [0, 0.05) is 0 Å². The van der Waals surface area contributed by atoms with Gasteiger partial charge in [0.05, 0.1) is 17.3 Å². The molecule has 3 N–H and O–H groups in total. The Kier molecular flexibility index (Phi) is 4.74. The number of fused-ring (bicyclic) bond motifs is 1. The highest BCUT2D eigenvalue weighted by molar-refractivity contribution is 8.02. The molecule has 10 heteroatoms. The first-order valence-corrected chi connectivity index (χ1v) is 8.66. The summed E-state index contributed by atoms with van der Waals surface area (Å²) in [6, 6.07) is 3.60. The van der Waals surface area contributed by atoms with Gasteiger partial charge in [0.1, 0.15) is 11.5 Å². The van der Waals surface area contributed by atoms with Gasteiger partial charge in [-0.05, 0) is 25.0 Å². The van der Waals surface area contributed by atoms with Crippen LogP contribution in [0.3, 0.4) is 0 Å². The molecule has 0 saturated carbocycles. The Hall–Kier alpha value is -1.78. The Morgan fingerprint density at radius 1 is 1.61 bits per heavy atom. The van der Waals surface area contributed by atoms with E-state index in [2.05, 4.69) is 10.2 Å². The van der Waals surface area contributed by atoms with E-state index in [1.807, 2.05) is 13.0 Å². The molecule has 0 radical (unpaired) electrons. The van der Waals surface area contributed by atoms with Gasteiger partial charge < -0.3 is 20.1 Å². The van der Waals surface area contributed by atoms with Crippen molar-refractivity contribution in [3.8, 4) is 11.5 Å². The molecule has 1 unspecified atom stereocenters. The fourth-order valence-electron chi connectivity index (χ4n) is 2.33. The van der Waals surface area contributed by atoms with E-state index in [1.54, 1.807) is 6.07 Å². The van der Waals surface area contributed by atoms with Gasteiger partial charge in [-0.15, -0.1) is 10.2 Å². The van der Waals surface area contributed by atoms with Crippen LogP contribution < -0.4 is 15.1 Å². The van der Waals surface area contributed by atoms with Gasteiger partial charge in [-0.2, -0.15) is 0 Å². The molecule has 120 valence electrons. The molecule has 0 aliphatic carbocycles. The smallest absolute Gasteiger partial charge is 0.535 e. The van der Waals surface area contributed by atoms with Crippen LogP contribution in [0.25, 0.3) is 0 Å². The molecule has 2 heterocycles. The van der Waals surface area contributed by atoms with E-state index in [-0.39, 0.29) is 5.15 Å². The Labute approximate surface area is 141 Å². The number of aromatic nitrogens is 2. The first-order valence-electron chi connectivity index (χ1n) is 6.96. The van der Waals surface area contributed by atoms with Crippen molar-refractivity contribution in [2.75, 3.05) is 12.3 Å². The fourth-order valence-corrected chi connectivity index (χ4v) is 4.27. The molecule has 1 aliphatic rings.